The fourth-order valence-corrected chi connectivity index (χ4v) is 2.42. The van der Waals surface area contributed by atoms with Crippen LogP contribution in [0.25, 0.3) is 22.0 Å². The molecule has 0 bridgehead atoms. The van der Waals surface area contributed by atoms with Crippen molar-refractivity contribution in [3.8, 4) is 16.9 Å². The summed E-state index contributed by atoms with van der Waals surface area (Å²) in [6, 6.07) is 11.2. The number of rotatable bonds is 3. The molecule has 0 saturated carbocycles. The largest absolute Gasteiger partial charge is 0.496 e. The lowest BCUT2D eigenvalue weighted by atomic mass is 10.0. The molecule has 0 aliphatic carbocycles. The van der Waals surface area contributed by atoms with Crippen LogP contribution in [0, 0.1) is 0 Å². The summed E-state index contributed by atoms with van der Waals surface area (Å²) in [7, 11) is 3.50. The van der Waals surface area contributed by atoms with Crippen LogP contribution in [0.4, 0.5) is 0 Å². The number of hydrogen-bond donors (Lipinski definition) is 1. The Morgan fingerprint density at radius 3 is 2.76 bits per heavy atom. The van der Waals surface area contributed by atoms with Crippen molar-refractivity contribution in [2.75, 3.05) is 7.11 Å². The maximum Gasteiger partial charge on any atom is 0.248 e. The minimum absolute atomic E-state index is 0.456. The van der Waals surface area contributed by atoms with Crippen LogP contribution in [0.5, 0.6) is 5.75 Å². The molecule has 5 nitrogen and oxygen atoms in total. The van der Waals surface area contributed by atoms with Crippen LogP contribution in [0.1, 0.15) is 10.4 Å². The van der Waals surface area contributed by atoms with E-state index in [0.29, 0.717) is 11.3 Å². The van der Waals surface area contributed by atoms with E-state index in [9.17, 15) is 4.79 Å². The van der Waals surface area contributed by atoms with Gasteiger partial charge in [-0.05, 0) is 35.9 Å². The van der Waals surface area contributed by atoms with E-state index in [0.717, 1.165) is 22.0 Å². The minimum atomic E-state index is -0.457. The molecule has 0 spiro atoms. The van der Waals surface area contributed by atoms with Crippen LogP contribution in [0.3, 0.4) is 0 Å². The number of aromatic nitrogens is 2. The highest BCUT2D eigenvalue weighted by Gasteiger charge is 2.11. The Morgan fingerprint density at radius 2 is 2.05 bits per heavy atom. The zero-order valence-electron chi connectivity index (χ0n) is 11.8. The van der Waals surface area contributed by atoms with Crippen molar-refractivity contribution in [2.24, 2.45) is 12.8 Å². The predicted octanol–water partition coefficient (Wildman–Crippen LogP) is 2.35. The third-order valence-electron chi connectivity index (χ3n) is 3.54. The van der Waals surface area contributed by atoms with Crippen LogP contribution in [0.15, 0.2) is 42.6 Å². The van der Waals surface area contributed by atoms with Gasteiger partial charge in [-0.3, -0.25) is 9.48 Å². The molecule has 106 valence electrons. The van der Waals surface area contributed by atoms with Crippen molar-refractivity contribution in [3.63, 3.8) is 0 Å². The topological polar surface area (TPSA) is 70.1 Å². The Balaban J connectivity index is 2.20. The van der Waals surface area contributed by atoms with Crippen molar-refractivity contribution in [3.05, 3.63) is 48.2 Å². The Morgan fingerprint density at radius 1 is 1.24 bits per heavy atom. The second-order valence-corrected chi connectivity index (χ2v) is 4.82. The van der Waals surface area contributed by atoms with Gasteiger partial charge in [0.2, 0.25) is 5.91 Å². The third kappa shape index (κ3) is 2.23. The predicted molar refractivity (Wildman–Crippen MR) is 81.2 cm³/mol. The van der Waals surface area contributed by atoms with Crippen molar-refractivity contribution in [1.29, 1.82) is 0 Å². The standard InChI is InChI=1S/C16H15N3O2/c1-19-14-5-3-10(7-12(14)9-18-19)13-8-11(16(17)20)4-6-15(13)21-2/h3-9H,1-2H3,(H2,17,20). The lowest BCUT2D eigenvalue weighted by molar-refractivity contribution is 0.100. The molecule has 5 heteroatoms. The molecule has 2 aromatic carbocycles. The molecule has 0 radical (unpaired) electrons. The van der Waals surface area contributed by atoms with E-state index in [2.05, 4.69) is 5.10 Å². The van der Waals surface area contributed by atoms with E-state index in [1.807, 2.05) is 36.1 Å². The molecular weight excluding hydrogens is 266 g/mol. The quantitative estimate of drug-likeness (QED) is 0.801. The molecule has 2 N–H and O–H groups in total. The van der Waals surface area contributed by atoms with Crippen molar-refractivity contribution in [1.82, 2.24) is 9.78 Å². The lowest BCUT2D eigenvalue weighted by Crippen LogP contribution is -2.10. The number of nitrogens with two attached hydrogens (primary N) is 1. The van der Waals surface area contributed by atoms with E-state index in [4.69, 9.17) is 10.5 Å². The first-order chi connectivity index (χ1) is 10.1. The Kier molecular flexibility index (Phi) is 3.10. The first-order valence-electron chi connectivity index (χ1n) is 6.50. The van der Waals surface area contributed by atoms with Gasteiger partial charge in [0, 0.05) is 23.6 Å². The van der Waals surface area contributed by atoms with Crippen LogP contribution >= 0.6 is 0 Å². The van der Waals surface area contributed by atoms with Gasteiger partial charge in [-0.25, -0.2) is 0 Å². The number of carbonyl (C=O) groups excluding carboxylic acids is 1. The summed E-state index contributed by atoms with van der Waals surface area (Å²) >= 11 is 0. The molecule has 1 aromatic heterocycles. The van der Waals surface area contributed by atoms with E-state index < -0.39 is 5.91 Å². The van der Waals surface area contributed by atoms with Crippen molar-refractivity contribution < 1.29 is 9.53 Å². The number of hydrogen-bond acceptors (Lipinski definition) is 3. The van der Waals surface area contributed by atoms with Crippen LogP contribution in [-0.4, -0.2) is 22.8 Å². The highest BCUT2D eigenvalue weighted by atomic mass is 16.5. The number of carbonyl (C=O) groups is 1. The summed E-state index contributed by atoms with van der Waals surface area (Å²) in [4.78, 5) is 11.4. The Labute approximate surface area is 121 Å². The van der Waals surface area contributed by atoms with Crippen molar-refractivity contribution in [2.45, 2.75) is 0 Å². The van der Waals surface area contributed by atoms with E-state index >= 15 is 0 Å². The zero-order valence-corrected chi connectivity index (χ0v) is 11.8. The Hall–Kier alpha value is -2.82. The molecule has 0 atom stereocenters. The number of ether oxygens (including phenoxy) is 1. The molecule has 0 unspecified atom stereocenters. The van der Waals surface area contributed by atoms with Gasteiger partial charge in [0.25, 0.3) is 0 Å². The molecule has 21 heavy (non-hydrogen) atoms. The molecule has 0 saturated heterocycles. The monoisotopic (exact) mass is 281 g/mol. The molecule has 0 aliphatic heterocycles. The number of aryl methyl sites for hydroxylation is 1. The molecule has 0 fully saturated rings. The van der Waals surface area contributed by atoms with Gasteiger partial charge < -0.3 is 10.5 Å². The van der Waals surface area contributed by atoms with Gasteiger partial charge in [0.05, 0.1) is 18.8 Å². The Bertz CT molecular complexity index is 837. The molecule has 0 aliphatic rings. The fourth-order valence-electron chi connectivity index (χ4n) is 2.42. The second-order valence-electron chi connectivity index (χ2n) is 4.82. The highest BCUT2D eigenvalue weighted by molar-refractivity contribution is 5.95. The molecular formula is C16H15N3O2. The fraction of sp³-hybridized carbons (Fsp3) is 0.125. The number of fused-ring (bicyclic) bond motifs is 1. The third-order valence-corrected chi connectivity index (χ3v) is 3.54. The van der Waals surface area contributed by atoms with Gasteiger partial charge in [-0.15, -0.1) is 0 Å². The second kappa shape index (κ2) is 4.94. The maximum absolute atomic E-state index is 11.4. The highest BCUT2D eigenvalue weighted by Crippen LogP contribution is 2.32. The van der Waals surface area contributed by atoms with Crippen LogP contribution in [-0.2, 0) is 7.05 Å². The van der Waals surface area contributed by atoms with Gasteiger partial charge in [-0.2, -0.15) is 5.10 Å². The minimum Gasteiger partial charge on any atom is -0.496 e. The number of methoxy groups -OCH3 is 1. The average Bonchev–Trinajstić information content (AvgIpc) is 2.87. The number of amides is 1. The molecule has 1 heterocycles. The lowest BCUT2D eigenvalue weighted by Gasteiger charge is -2.10. The van der Waals surface area contributed by atoms with Crippen LogP contribution in [0.2, 0.25) is 0 Å². The van der Waals surface area contributed by atoms with Gasteiger partial charge in [-0.1, -0.05) is 6.07 Å². The molecule has 3 aromatic rings. The number of nitrogens with zero attached hydrogens (tertiary/aromatic N) is 2. The smallest absolute Gasteiger partial charge is 0.248 e. The van der Waals surface area contributed by atoms with Crippen LogP contribution < -0.4 is 10.5 Å². The summed E-state index contributed by atoms with van der Waals surface area (Å²) in [6.07, 6.45) is 1.81. The number of benzene rings is 2. The zero-order chi connectivity index (χ0) is 15.0. The first-order valence-corrected chi connectivity index (χ1v) is 6.50. The maximum atomic E-state index is 11.4. The first kappa shape index (κ1) is 13.2. The normalized spacial score (nSPS) is 10.8. The summed E-state index contributed by atoms with van der Waals surface area (Å²) < 4.78 is 7.19. The van der Waals surface area contributed by atoms with Gasteiger partial charge in [0.1, 0.15) is 5.75 Å². The van der Waals surface area contributed by atoms with Gasteiger partial charge in [0.15, 0.2) is 0 Å². The van der Waals surface area contributed by atoms with E-state index in [-0.39, 0.29) is 0 Å². The molecule has 3 rings (SSSR count). The van der Waals surface area contributed by atoms with E-state index in [1.165, 1.54) is 0 Å². The van der Waals surface area contributed by atoms with Gasteiger partial charge >= 0.3 is 0 Å². The number of primary amides is 1. The van der Waals surface area contributed by atoms with E-state index in [1.54, 1.807) is 25.3 Å². The summed E-state index contributed by atoms with van der Waals surface area (Å²) in [5.41, 5.74) is 8.64. The molecule has 1 amide bonds. The summed E-state index contributed by atoms with van der Waals surface area (Å²) in [5, 5.41) is 5.26. The SMILES string of the molecule is COc1ccc(C(N)=O)cc1-c1ccc2c(cnn2C)c1. The summed E-state index contributed by atoms with van der Waals surface area (Å²) in [6.45, 7) is 0. The summed E-state index contributed by atoms with van der Waals surface area (Å²) in [5.74, 6) is 0.240. The van der Waals surface area contributed by atoms with Crippen molar-refractivity contribution >= 4 is 16.8 Å². The average molecular weight is 281 g/mol.